The summed E-state index contributed by atoms with van der Waals surface area (Å²) in [6.07, 6.45) is 0. The standard InChI is InChI=1S/C19H21ClN2O3.ClH/c1-24-18-8-14(19(23)22-11-13-9-21-10-13)6-7-17(18)25-12-15-4-2-3-5-16(15)20;/h2-8,13,21H,9-12H2,1H3,(H,22,23);1H. The zero-order chi connectivity index (χ0) is 17.6. The van der Waals surface area contributed by atoms with Crippen LogP contribution in [0.3, 0.4) is 0 Å². The van der Waals surface area contributed by atoms with Crippen molar-refractivity contribution >= 4 is 29.9 Å². The molecular weight excluding hydrogens is 375 g/mol. The van der Waals surface area contributed by atoms with Crippen molar-refractivity contribution < 1.29 is 14.3 Å². The quantitative estimate of drug-likeness (QED) is 0.753. The lowest BCUT2D eigenvalue weighted by Gasteiger charge is -2.27. The Hall–Kier alpha value is -1.95. The summed E-state index contributed by atoms with van der Waals surface area (Å²) in [7, 11) is 1.55. The van der Waals surface area contributed by atoms with E-state index in [0.29, 0.717) is 41.2 Å². The van der Waals surface area contributed by atoms with Gasteiger partial charge in [0.05, 0.1) is 7.11 Å². The Labute approximate surface area is 164 Å². The number of ether oxygens (including phenoxy) is 2. The fourth-order valence-electron chi connectivity index (χ4n) is 2.53. The molecule has 2 aromatic rings. The molecule has 1 amide bonds. The van der Waals surface area contributed by atoms with Crippen LogP contribution in [0.4, 0.5) is 0 Å². The third-order valence-corrected chi connectivity index (χ3v) is 4.55. The molecule has 0 spiro atoms. The van der Waals surface area contributed by atoms with Crippen LogP contribution in [-0.4, -0.2) is 32.7 Å². The number of amides is 1. The number of methoxy groups -OCH3 is 1. The van der Waals surface area contributed by atoms with E-state index in [0.717, 1.165) is 18.7 Å². The minimum absolute atomic E-state index is 0. The minimum atomic E-state index is -0.108. The lowest BCUT2D eigenvalue weighted by Crippen LogP contribution is -2.48. The maximum Gasteiger partial charge on any atom is 0.251 e. The van der Waals surface area contributed by atoms with Gasteiger partial charge in [-0.2, -0.15) is 0 Å². The number of hydrogen-bond donors (Lipinski definition) is 2. The Morgan fingerprint density at radius 3 is 2.65 bits per heavy atom. The summed E-state index contributed by atoms with van der Waals surface area (Å²) in [6.45, 7) is 2.92. The van der Waals surface area contributed by atoms with Crippen molar-refractivity contribution in [1.82, 2.24) is 10.6 Å². The van der Waals surface area contributed by atoms with Crippen LogP contribution in [-0.2, 0) is 6.61 Å². The summed E-state index contributed by atoms with van der Waals surface area (Å²) >= 11 is 6.14. The fourth-order valence-corrected chi connectivity index (χ4v) is 2.72. The summed E-state index contributed by atoms with van der Waals surface area (Å²) in [5.41, 5.74) is 1.44. The fraction of sp³-hybridized carbons (Fsp3) is 0.316. The van der Waals surface area contributed by atoms with Crippen molar-refractivity contribution in [3.8, 4) is 11.5 Å². The topological polar surface area (TPSA) is 59.6 Å². The first-order valence-corrected chi connectivity index (χ1v) is 8.58. The van der Waals surface area contributed by atoms with Crippen LogP contribution < -0.4 is 20.1 Å². The number of rotatable bonds is 7. The van der Waals surface area contributed by atoms with Gasteiger partial charge in [0.2, 0.25) is 0 Å². The number of hydrogen-bond acceptors (Lipinski definition) is 4. The summed E-state index contributed by atoms with van der Waals surface area (Å²) in [6, 6.07) is 12.7. The van der Waals surface area contributed by atoms with Gasteiger partial charge in [-0.3, -0.25) is 4.79 Å². The molecule has 1 heterocycles. The molecule has 1 fully saturated rings. The van der Waals surface area contributed by atoms with E-state index in [2.05, 4.69) is 10.6 Å². The highest BCUT2D eigenvalue weighted by molar-refractivity contribution is 6.31. The highest BCUT2D eigenvalue weighted by Crippen LogP contribution is 2.29. The molecule has 7 heteroatoms. The van der Waals surface area contributed by atoms with Gasteiger partial charge in [0.25, 0.3) is 5.91 Å². The molecule has 0 atom stereocenters. The van der Waals surface area contributed by atoms with Crippen LogP contribution in [0.5, 0.6) is 11.5 Å². The monoisotopic (exact) mass is 396 g/mol. The van der Waals surface area contributed by atoms with Crippen LogP contribution in [0.25, 0.3) is 0 Å². The van der Waals surface area contributed by atoms with Crippen molar-refractivity contribution in [3.05, 3.63) is 58.6 Å². The van der Waals surface area contributed by atoms with Gasteiger partial charge < -0.3 is 20.1 Å². The Kier molecular flexibility index (Phi) is 7.57. The Balaban J connectivity index is 0.00000243. The molecule has 140 valence electrons. The Bertz CT molecular complexity index is 751. The second-order valence-electron chi connectivity index (χ2n) is 5.98. The third-order valence-electron chi connectivity index (χ3n) is 4.18. The summed E-state index contributed by atoms with van der Waals surface area (Å²) in [5.74, 6) is 1.50. The summed E-state index contributed by atoms with van der Waals surface area (Å²) in [5, 5.41) is 6.78. The van der Waals surface area contributed by atoms with E-state index in [1.165, 1.54) is 0 Å². The molecule has 0 saturated carbocycles. The normalized spacial score (nSPS) is 13.3. The van der Waals surface area contributed by atoms with Gasteiger partial charge in [0.1, 0.15) is 6.61 Å². The van der Waals surface area contributed by atoms with Gasteiger partial charge in [-0.1, -0.05) is 29.8 Å². The SMILES string of the molecule is COc1cc(C(=O)NCC2CNC2)ccc1OCc1ccccc1Cl.Cl. The zero-order valence-corrected chi connectivity index (χ0v) is 16.0. The van der Waals surface area contributed by atoms with Crippen LogP contribution in [0, 0.1) is 5.92 Å². The van der Waals surface area contributed by atoms with Crippen LogP contribution in [0.2, 0.25) is 5.02 Å². The predicted molar refractivity (Wildman–Crippen MR) is 105 cm³/mol. The van der Waals surface area contributed by atoms with Gasteiger partial charge in [-0.15, -0.1) is 12.4 Å². The van der Waals surface area contributed by atoms with E-state index in [1.807, 2.05) is 24.3 Å². The first-order chi connectivity index (χ1) is 12.2. The van der Waals surface area contributed by atoms with E-state index in [9.17, 15) is 4.79 Å². The lowest BCUT2D eigenvalue weighted by atomic mass is 10.0. The van der Waals surface area contributed by atoms with Gasteiger partial charge in [-0.05, 0) is 24.3 Å². The van der Waals surface area contributed by atoms with Gasteiger partial charge >= 0.3 is 0 Å². The van der Waals surface area contributed by atoms with E-state index in [-0.39, 0.29) is 18.3 Å². The van der Waals surface area contributed by atoms with Gasteiger partial charge in [0.15, 0.2) is 11.5 Å². The van der Waals surface area contributed by atoms with Crippen LogP contribution in [0.15, 0.2) is 42.5 Å². The van der Waals surface area contributed by atoms with Crippen molar-refractivity contribution in [3.63, 3.8) is 0 Å². The number of nitrogens with one attached hydrogen (secondary N) is 2. The van der Waals surface area contributed by atoms with Crippen LogP contribution >= 0.6 is 24.0 Å². The second kappa shape index (κ2) is 9.67. The molecular formula is C19H22Cl2N2O3. The molecule has 0 unspecified atom stereocenters. The highest BCUT2D eigenvalue weighted by Gasteiger charge is 2.18. The Morgan fingerprint density at radius 1 is 1.23 bits per heavy atom. The first kappa shape index (κ1) is 20.4. The number of halogens is 2. The van der Waals surface area contributed by atoms with Gasteiger partial charge in [-0.25, -0.2) is 0 Å². The molecule has 0 aromatic heterocycles. The maximum absolute atomic E-state index is 12.2. The lowest BCUT2D eigenvalue weighted by molar-refractivity contribution is 0.0942. The predicted octanol–water partition coefficient (Wildman–Crippen LogP) is 3.30. The van der Waals surface area contributed by atoms with Gasteiger partial charge in [0, 0.05) is 41.7 Å². The maximum atomic E-state index is 12.2. The molecule has 26 heavy (non-hydrogen) atoms. The largest absolute Gasteiger partial charge is 0.493 e. The highest BCUT2D eigenvalue weighted by atomic mass is 35.5. The van der Waals surface area contributed by atoms with Crippen molar-refractivity contribution in [2.24, 2.45) is 5.92 Å². The third kappa shape index (κ3) is 5.04. The van der Waals surface area contributed by atoms with E-state index >= 15 is 0 Å². The molecule has 0 aliphatic carbocycles. The second-order valence-corrected chi connectivity index (χ2v) is 6.39. The van der Waals surface area contributed by atoms with E-state index in [1.54, 1.807) is 25.3 Å². The average molecular weight is 397 g/mol. The van der Waals surface area contributed by atoms with Crippen LogP contribution in [0.1, 0.15) is 15.9 Å². The molecule has 2 N–H and O–H groups in total. The zero-order valence-electron chi connectivity index (χ0n) is 14.5. The smallest absolute Gasteiger partial charge is 0.251 e. The molecule has 5 nitrogen and oxygen atoms in total. The molecule has 1 aliphatic rings. The first-order valence-electron chi connectivity index (χ1n) is 8.20. The molecule has 0 bridgehead atoms. The molecule has 0 radical (unpaired) electrons. The molecule has 3 rings (SSSR count). The Morgan fingerprint density at radius 2 is 2.00 bits per heavy atom. The molecule has 1 saturated heterocycles. The number of carbonyl (C=O) groups is 1. The summed E-state index contributed by atoms with van der Waals surface area (Å²) < 4.78 is 11.2. The molecule has 1 aliphatic heterocycles. The minimum Gasteiger partial charge on any atom is -0.493 e. The van der Waals surface area contributed by atoms with Crippen molar-refractivity contribution in [2.75, 3.05) is 26.7 Å². The number of benzene rings is 2. The average Bonchev–Trinajstić information content (AvgIpc) is 2.59. The number of carbonyl (C=O) groups excluding carboxylic acids is 1. The van der Waals surface area contributed by atoms with E-state index < -0.39 is 0 Å². The summed E-state index contributed by atoms with van der Waals surface area (Å²) in [4.78, 5) is 12.2. The van der Waals surface area contributed by atoms with Crippen molar-refractivity contribution in [1.29, 1.82) is 0 Å². The van der Waals surface area contributed by atoms with E-state index in [4.69, 9.17) is 21.1 Å². The van der Waals surface area contributed by atoms with Crippen molar-refractivity contribution in [2.45, 2.75) is 6.61 Å². The molecule has 2 aromatic carbocycles.